The largest absolute Gasteiger partial charge is 0.455 e. The summed E-state index contributed by atoms with van der Waals surface area (Å²) in [4.78, 5) is 46.8. The molecule has 5 fully saturated rings. The third-order valence-corrected chi connectivity index (χ3v) is 17.8. The number of pyridine rings is 1. The smallest absolute Gasteiger partial charge is 0.296 e. The standard InChI is InChI=1S/C53H62F2N10O7S/c1-33(2)38-6-3-4-7-39(38)42-8-5-17-64(42)36-28-52(29-36)12-18-63(19-13-52)43-26-45(72-37-24-34-9-16-56-50(34)57-30-37)40(25-41(43)54)51(66)61-73(69,70)46-27-44(65(67)68)47(49-48(46)59-32-60-49)58-31-53(55)14-20-62(21-15-53)35-10-22-71-23-11-35/h3-4,6-7,9,16,24-27,30,32-33,35-36,42,58H,5,8,10-15,17-23,28-29,31H2,1-2H3,(H,56,57)(H,59,60)(H,61,66)/t42-/m0/s1. The number of nitrogens with zero attached hydrogens (tertiary/aromatic N) is 6. The Morgan fingerprint density at radius 2 is 1.74 bits per heavy atom. The number of nitro benzene ring substituents is 1. The first-order valence-electron chi connectivity index (χ1n) is 25.7. The van der Waals surface area contributed by atoms with Gasteiger partial charge in [-0.1, -0.05) is 38.1 Å². The Balaban J connectivity index is 0.816. The summed E-state index contributed by atoms with van der Waals surface area (Å²) in [6, 6.07) is 16.7. The fourth-order valence-electron chi connectivity index (χ4n) is 12.4. The van der Waals surface area contributed by atoms with Crippen molar-refractivity contribution in [3.05, 3.63) is 106 Å². The minimum Gasteiger partial charge on any atom is -0.455 e. The van der Waals surface area contributed by atoms with Crippen LogP contribution in [0.4, 0.5) is 25.8 Å². The minimum atomic E-state index is -4.95. The first kappa shape index (κ1) is 49.0. The maximum absolute atomic E-state index is 16.6. The second kappa shape index (κ2) is 19.6. The number of benzene rings is 3. The molecule has 4 aliphatic heterocycles. The summed E-state index contributed by atoms with van der Waals surface area (Å²) >= 11 is 0. The number of imidazole rings is 1. The van der Waals surface area contributed by atoms with E-state index in [4.69, 9.17) is 9.47 Å². The Hall–Kier alpha value is -6.22. The van der Waals surface area contributed by atoms with Gasteiger partial charge in [0.25, 0.3) is 21.6 Å². The van der Waals surface area contributed by atoms with Crippen LogP contribution in [0.15, 0.2) is 78.2 Å². The van der Waals surface area contributed by atoms with Crippen molar-refractivity contribution >= 4 is 55.1 Å². The molecule has 1 amide bonds. The Bertz CT molecular complexity index is 3150. The maximum Gasteiger partial charge on any atom is 0.296 e. The molecule has 386 valence electrons. The van der Waals surface area contributed by atoms with Crippen LogP contribution in [0.2, 0.25) is 0 Å². The van der Waals surface area contributed by atoms with Crippen LogP contribution in [-0.2, 0) is 14.8 Å². The van der Waals surface area contributed by atoms with Gasteiger partial charge < -0.3 is 29.7 Å². The molecule has 0 unspecified atom stereocenters. The molecule has 0 bridgehead atoms. The molecule has 1 atom stereocenters. The lowest BCUT2D eigenvalue weighted by Gasteiger charge is -2.56. The fourth-order valence-corrected chi connectivity index (χ4v) is 13.6. The van der Waals surface area contributed by atoms with E-state index in [0.29, 0.717) is 74.5 Å². The number of H-pyrrole nitrogens is 2. The van der Waals surface area contributed by atoms with Crippen molar-refractivity contribution in [3.8, 4) is 11.5 Å². The van der Waals surface area contributed by atoms with Crippen LogP contribution in [0.25, 0.3) is 22.1 Å². The molecule has 3 aromatic heterocycles. The topological polar surface area (TPSA) is 204 Å². The van der Waals surface area contributed by atoms with E-state index in [1.807, 2.05) is 9.62 Å². The minimum absolute atomic E-state index is 0.0641. The third-order valence-electron chi connectivity index (χ3n) is 16.5. The molecular weight excluding hydrogens is 959 g/mol. The van der Waals surface area contributed by atoms with Gasteiger partial charge in [-0.3, -0.25) is 24.7 Å². The average Bonchev–Trinajstić information content (AvgIpc) is 4.18. The molecule has 1 spiro atoms. The van der Waals surface area contributed by atoms with Gasteiger partial charge >= 0.3 is 0 Å². The van der Waals surface area contributed by atoms with E-state index in [9.17, 15) is 23.3 Å². The van der Waals surface area contributed by atoms with Crippen molar-refractivity contribution in [2.75, 3.05) is 62.7 Å². The zero-order valence-electron chi connectivity index (χ0n) is 41.2. The van der Waals surface area contributed by atoms with Gasteiger partial charge in [0.15, 0.2) is 0 Å². The highest BCUT2D eigenvalue weighted by Crippen LogP contribution is 2.54. The number of carbonyl (C=O) groups excluding carboxylic acids is 1. The molecule has 11 rings (SSSR count). The normalized spacial score (nSPS) is 21.0. The van der Waals surface area contributed by atoms with Crippen molar-refractivity contribution in [2.45, 2.75) is 113 Å². The van der Waals surface area contributed by atoms with Crippen LogP contribution in [0.1, 0.15) is 112 Å². The van der Waals surface area contributed by atoms with Crippen molar-refractivity contribution in [3.63, 3.8) is 0 Å². The molecule has 0 radical (unpaired) electrons. The van der Waals surface area contributed by atoms with Crippen LogP contribution in [0.5, 0.6) is 11.5 Å². The molecule has 20 heteroatoms. The lowest BCUT2D eigenvalue weighted by Crippen LogP contribution is -2.55. The van der Waals surface area contributed by atoms with Gasteiger partial charge in [0.1, 0.15) is 44.7 Å². The molecule has 3 aromatic carbocycles. The number of aromatic nitrogens is 4. The SMILES string of the molecule is CC(C)c1ccccc1[C@@H]1CCCN1C1CC2(CCN(c3cc(Oc4cnc5[nH]ccc5c4)c(C(=O)NS(=O)(=O)c4cc([N+](=O)[O-])c(NCC5(F)CCN(C6CCOCC6)CC5)c5[nH]cnc45)cc3F)CC2)C1. The average molecular weight is 1020 g/mol. The first-order valence-corrected chi connectivity index (χ1v) is 27.2. The van der Waals surface area contributed by atoms with Gasteiger partial charge in [-0.15, -0.1) is 0 Å². The summed E-state index contributed by atoms with van der Waals surface area (Å²) < 4.78 is 75.3. The number of carbonyl (C=O) groups is 1. The number of amides is 1. The Labute approximate surface area is 422 Å². The van der Waals surface area contributed by atoms with E-state index in [0.717, 1.165) is 70.0 Å². The molecule has 73 heavy (non-hydrogen) atoms. The molecule has 1 aliphatic carbocycles. The van der Waals surface area contributed by atoms with Gasteiger partial charge in [0, 0.05) is 87.8 Å². The number of ether oxygens (including phenoxy) is 2. The monoisotopic (exact) mass is 1020 g/mol. The number of alkyl halides is 1. The zero-order valence-corrected chi connectivity index (χ0v) is 42.0. The molecule has 1 saturated carbocycles. The summed E-state index contributed by atoms with van der Waals surface area (Å²) in [5.74, 6) is -1.45. The van der Waals surface area contributed by atoms with Gasteiger partial charge in [0.05, 0.1) is 34.2 Å². The zero-order chi connectivity index (χ0) is 50.6. The number of rotatable bonds is 14. The second-order valence-corrected chi connectivity index (χ2v) is 22.8. The summed E-state index contributed by atoms with van der Waals surface area (Å²) in [7, 11) is -4.95. The summed E-state index contributed by atoms with van der Waals surface area (Å²) in [5.41, 5.74) is 0.577. The number of nitrogens with one attached hydrogen (secondary N) is 4. The lowest BCUT2D eigenvalue weighted by molar-refractivity contribution is -0.384. The third kappa shape index (κ3) is 9.62. The number of aromatic amines is 2. The van der Waals surface area contributed by atoms with Gasteiger partial charge in [-0.2, -0.15) is 0 Å². The van der Waals surface area contributed by atoms with Crippen molar-refractivity contribution in [1.29, 1.82) is 0 Å². The predicted molar refractivity (Wildman–Crippen MR) is 273 cm³/mol. The second-order valence-electron chi connectivity index (χ2n) is 21.2. The molecular formula is C53H62F2N10O7S. The number of fused-ring (bicyclic) bond motifs is 2. The first-order chi connectivity index (χ1) is 35.2. The number of sulfonamides is 1. The van der Waals surface area contributed by atoms with Crippen LogP contribution < -0.4 is 19.7 Å². The number of likely N-dealkylation sites (tertiary alicyclic amines) is 2. The highest BCUT2D eigenvalue weighted by Gasteiger charge is 2.50. The number of piperidine rings is 2. The molecule has 7 heterocycles. The van der Waals surface area contributed by atoms with Crippen LogP contribution in [0.3, 0.4) is 0 Å². The number of halogens is 2. The molecule has 17 nitrogen and oxygen atoms in total. The number of anilines is 2. The number of hydrogen-bond acceptors (Lipinski definition) is 13. The van der Waals surface area contributed by atoms with E-state index >= 15 is 8.78 Å². The number of hydrogen-bond donors (Lipinski definition) is 4. The Morgan fingerprint density at radius 3 is 2.49 bits per heavy atom. The van der Waals surface area contributed by atoms with E-state index in [2.05, 4.69) is 73.2 Å². The highest BCUT2D eigenvalue weighted by molar-refractivity contribution is 7.90. The van der Waals surface area contributed by atoms with E-state index in [1.165, 1.54) is 29.8 Å². The molecule has 4 saturated heterocycles. The summed E-state index contributed by atoms with van der Waals surface area (Å²) in [6.07, 6.45) is 12.7. The summed E-state index contributed by atoms with van der Waals surface area (Å²) in [5, 5.41) is 16.2. The quantitative estimate of drug-likeness (QED) is 0.0594. The van der Waals surface area contributed by atoms with Crippen molar-refractivity contribution in [1.82, 2.24) is 34.5 Å². The molecule has 4 N–H and O–H groups in total. The highest BCUT2D eigenvalue weighted by atomic mass is 32.2. The van der Waals surface area contributed by atoms with E-state index < -0.39 is 48.5 Å². The number of nitro groups is 1. The van der Waals surface area contributed by atoms with Gasteiger partial charge in [-0.05, 0) is 111 Å². The predicted octanol–water partition coefficient (Wildman–Crippen LogP) is 9.50. The fraction of sp³-hybridized carbons (Fsp3) is 0.491. The molecule has 5 aliphatic rings. The van der Waals surface area contributed by atoms with Crippen molar-refractivity contribution in [2.24, 2.45) is 5.41 Å². The van der Waals surface area contributed by atoms with E-state index in [1.54, 1.807) is 18.3 Å². The van der Waals surface area contributed by atoms with Crippen molar-refractivity contribution < 1.29 is 36.4 Å². The summed E-state index contributed by atoms with van der Waals surface area (Å²) in [6.45, 7) is 8.86. The van der Waals surface area contributed by atoms with Crippen LogP contribution >= 0.6 is 0 Å². The molecule has 6 aromatic rings. The van der Waals surface area contributed by atoms with Crippen LogP contribution in [0, 0.1) is 21.3 Å². The van der Waals surface area contributed by atoms with E-state index in [-0.39, 0.29) is 58.7 Å². The Morgan fingerprint density at radius 1 is 0.973 bits per heavy atom. The van der Waals surface area contributed by atoms with Gasteiger partial charge in [0.2, 0.25) is 0 Å². The lowest BCUT2D eigenvalue weighted by atomic mass is 9.59. The maximum atomic E-state index is 16.6. The Kier molecular flexibility index (Phi) is 13.1. The van der Waals surface area contributed by atoms with Crippen LogP contribution in [-0.4, -0.2) is 119 Å². The van der Waals surface area contributed by atoms with Gasteiger partial charge in [-0.25, -0.2) is 31.9 Å².